The fourth-order valence-electron chi connectivity index (χ4n) is 2.14. The minimum absolute atomic E-state index is 0.424. The molecule has 0 fully saturated rings. The van der Waals surface area contributed by atoms with E-state index < -0.39 is 0 Å². The Balaban J connectivity index is 1.73. The van der Waals surface area contributed by atoms with Crippen molar-refractivity contribution in [3.63, 3.8) is 0 Å². The first-order valence-corrected chi connectivity index (χ1v) is 9.05. The maximum absolute atomic E-state index is 6.21. The van der Waals surface area contributed by atoms with Crippen molar-refractivity contribution in [3.05, 3.63) is 82.3 Å². The first kappa shape index (κ1) is 17.7. The van der Waals surface area contributed by atoms with Gasteiger partial charge in [-0.3, -0.25) is 0 Å². The molecule has 126 valence electrons. The third-order valence-electron chi connectivity index (χ3n) is 3.29. The first-order chi connectivity index (χ1) is 12.1. The van der Waals surface area contributed by atoms with Crippen LogP contribution in [0, 0.1) is 0 Å². The highest BCUT2D eigenvalue weighted by Crippen LogP contribution is 2.30. The Bertz CT molecular complexity index is 890. The van der Waals surface area contributed by atoms with Gasteiger partial charge in [0.2, 0.25) is 0 Å². The van der Waals surface area contributed by atoms with Gasteiger partial charge in [0.05, 0.1) is 16.4 Å². The van der Waals surface area contributed by atoms with Gasteiger partial charge in [0, 0.05) is 4.47 Å². The molecule has 3 aromatic carbocycles. The van der Waals surface area contributed by atoms with E-state index in [1.54, 1.807) is 6.07 Å². The second-order valence-corrected chi connectivity index (χ2v) is 6.85. The zero-order valence-electron chi connectivity index (χ0n) is 13.0. The normalized spacial score (nSPS) is 10.2. The molecule has 0 radical (unpaired) electrons. The van der Waals surface area contributed by atoms with E-state index >= 15 is 0 Å². The molecule has 2 N–H and O–H groups in total. The molecule has 0 atom stereocenters. The number of nitrogens with one attached hydrogen (secondary N) is 2. The lowest BCUT2D eigenvalue weighted by Gasteiger charge is -2.15. The second kappa shape index (κ2) is 8.34. The molecule has 0 aromatic heterocycles. The van der Waals surface area contributed by atoms with Crippen LogP contribution in [0.2, 0.25) is 5.02 Å². The lowest BCUT2D eigenvalue weighted by molar-refractivity contribution is 0.485. The van der Waals surface area contributed by atoms with Crippen molar-refractivity contribution in [1.82, 2.24) is 0 Å². The Morgan fingerprint density at radius 2 is 1.56 bits per heavy atom. The van der Waals surface area contributed by atoms with E-state index in [0.29, 0.717) is 15.9 Å². The molecule has 0 unspecified atom stereocenters. The van der Waals surface area contributed by atoms with Gasteiger partial charge < -0.3 is 15.4 Å². The quantitative estimate of drug-likeness (QED) is 0.448. The number of hydrogen-bond donors (Lipinski definition) is 2. The third kappa shape index (κ3) is 4.95. The number of benzene rings is 3. The fourth-order valence-corrected chi connectivity index (χ4v) is 3.08. The molecule has 3 nitrogen and oxygen atoms in total. The van der Waals surface area contributed by atoms with Crippen molar-refractivity contribution in [3.8, 4) is 11.5 Å². The van der Waals surface area contributed by atoms with Crippen LogP contribution < -0.4 is 15.4 Å². The van der Waals surface area contributed by atoms with Gasteiger partial charge in [-0.1, -0.05) is 57.9 Å². The average molecular weight is 434 g/mol. The number of ether oxygens (including phenoxy) is 1. The summed E-state index contributed by atoms with van der Waals surface area (Å²) in [5.41, 5.74) is 1.49. The molecule has 0 aliphatic heterocycles. The molecular formula is C19H14BrClN2OS. The Hall–Kier alpha value is -2.08. The summed E-state index contributed by atoms with van der Waals surface area (Å²) in [6.45, 7) is 0. The SMILES string of the molecule is S=C(Nc1ccc(Br)cc1Cl)Nc1ccccc1Oc1ccccc1. The number of anilines is 2. The van der Waals surface area contributed by atoms with E-state index in [9.17, 15) is 0 Å². The average Bonchev–Trinajstić information content (AvgIpc) is 2.60. The van der Waals surface area contributed by atoms with E-state index in [1.165, 1.54) is 0 Å². The Kier molecular flexibility index (Phi) is 5.91. The zero-order valence-corrected chi connectivity index (χ0v) is 16.2. The number of hydrogen-bond acceptors (Lipinski definition) is 2. The van der Waals surface area contributed by atoms with Crippen molar-refractivity contribution < 1.29 is 4.74 Å². The topological polar surface area (TPSA) is 33.3 Å². The second-order valence-electron chi connectivity index (χ2n) is 5.11. The Labute approximate surface area is 165 Å². The molecule has 0 aliphatic rings. The predicted octanol–water partition coefficient (Wildman–Crippen LogP) is 6.70. The van der Waals surface area contributed by atoms with Gasteiger partial charge in [0.15, 0.2) is 10.9 Å². The lowest BCUT2D eigenvalue weighted by atomic mass is 10.3. The smallest absolute Gasteiger partial charge is 0.175 e. The van der Waals surface area contributed by atoms with Gasteiger partial charge in [-0.2, -0.15) is 0 Å². The molecule has 0 heterocycles. The van der Waals surface area contributed by atoms with Crippen LogP contribution in [-0.2, 0) is 0 Å². The summed E-state index contributed by atoms with van der Waals surface area (Å²) in [7, 11) is 0. The highest BCUT2D eigenvalue weighted by atomic mass is 79.9. The van der Waals surface area contributed by atoms with E-state index in [1.807, 2.05) is 66.7 Å². The van der Waals surface area contributed by atoms with Crippen LogP contribution in [0.3, 0.4) is 0 Å². The summed E-state index contributed by atoms with van der Waals surface area (Å²) in [5, 5.41) is 7.24. The largest absolute Gasteiger partial charge is 0.455 e. The van der Waals surface area contributed by atoms with Crippen molar-refractivity contribution in [1.29, 1.82) is 0 Å². The van der Waals surface area contributed by atoms with Crippen LogP contribution in [0.1, 0.15) is 0 Å². The molecule has 0 aliphatic carbocycles. The summed E-state index contributed by atoms with van der Waals surface area (Å²) < 4.78 is 6.82. The molecule has 3 aromatic rings. The molecule has 0 amide bonds. The standard InChI is InChI=1S/C19H14BrClN2OS/c20-13-10-11-16(15(21)12-13)22-19(25)23-17-8-4-5-9-18(17)24-14-6-2-1-3-7-14/h1-12H,(H2,22,23,25). The minimum Gasteiger partial charge on any atom is -0.455 e. The highest BCUT2D eigenvalue weighted by Gasteiger charge is 2.08. The molecule has 0 saturated carbocycles. The minimum atomic E-state index is 0.424. The number of para-hydroxylation sites is 3. The number of halogens is 2. The molecule has 0 saturated heterocycles. The van der Waals surface area contributed by atoms with Crippen molar-refractivity contribution in [2.75, 3.05) is 10.6 Å². The Morgan fingerprint density at radius 3 is 2.32 bits per heavy atom. The summed E-state index contributed by atoms with van der Waals surface area (Å²) in [4.78, 5) is 0. The van der Waals surface area contributed by atoms with E-state index in [-0.39, 0.29) is 0 Å². The van der Waals surface area contributed by atoms with Crippen LogP contribution in [0.15, 0.2) is 77.3 Å². The molecule has 3 rings (SSSR count). The summed E-state index contributed by atoms with van der Waals surface area (Å²) in [6, 6.07) is 22.7. The van der Waals surface area contributed by atoms with Gasteiger partial charge in [-0.25, -0.2) is 0 Å². The van der Waals surface area contributed by atoms with Crippen molar-refractivity contribution in [2.45, 2.75) is 0 Å². The molecule has 0 spiro atoms. The maximum atomic E-state index is 6.21. The van der Waals surface area contributed by atoms with Crippen LogP contribution >= 0.6 is 39.7 Å². The Morgan fingerprint density at radius 1 is 0.880 bits per heavy atom. The van der Waals surface area contributed by atoms with Crippen molar-refractivity contribution in [2.24, 2.45) is 0 Å². The maximum Gasteiger partial charge on any atom is 0.175 e. The number of rotatable bonds is 4. The zero-order chi connectivity index (χ0) is 17.6. The van der Waals surface area contributed by atoms with E-state index in [0.717, 1.165) is 21.6 Å². The van der Waals surface area contributed by atoms with Crippen LogP contribution in [0.25, 0.3) is 0 Å². The highest BCUT2D eigenvalue weighted by molar-refractivity contribution is 9.10. The van der Waals surface area contributed by atoms with Gasteiger partial charge in [-0.15, -0.1) is 0 Å². The summed E-state index contributed by atoms with van der Waals surface area (Å²) in [5.74, 6) is 1.44. The molecule has 6 heteroatoms. The summed E-state index contributed by atoms with van der Waals surface area (Å²) in [6.07, 6.45) is 0. The van der Waals surface area contributed by atoms with E-state index in [2.05, 4.69) is 26.6 Å². The molecule has 0 bridgehead atoms. The number of thiocarbonyl (C=S) groups is 1. The summed E-state index contributed by atoms with van der Waals surface area (Å²) >= 11 is 15.0. The van der Waals surface area contributed by atoms with Crippen LogP contribution in [-0.4, -0.2) is 5.11 Å². The van der Waals surface area contributed by atoms with Gasteiger partial charge in [-0.05, 0) is 54.7 Å². The van der Waals surface area contributed by atoms with Crippen LogP contribution in [0.4, 0.5) is 11.4 Å². The monoisotopic (exact) mass is 432 g/mol. The van der Waals surface area contributed by atoms with Crippen LogP contribution in [0.5, 0.6) is 11.5 Å². The first-order valence-electron chi connectivity index (χ1n) is 7.47. The van der Waals surface area contributed by atoms with Crippen molar-refractivity contribution >= 4 is 56.2 Å². The third-order valence-corrected chi connectivity index (χ3v) is 4.30. The fraction of sp³-hybridized carbons (Fsp3) is 0. The van der Waals surface area contributed by atoms with Gasteiger partial charge >= 0.3 is 0 Å². The van der Waals surface area contributed by atoms with Gasteiger partial charge in [0.1, 0.15) is 5.75 Å². The molecular weight excluding hydrogens is 420 g/mol. The van der Waals surface area contributed by atoms with Gasteiger partial charge in [0.25, 0.3) is 0 Å². The predicted molar refractivity (Wildman–Crippen MR) is 112 cm³/mol. The molecule has 25 heavy (non-hydrogen) atoms. The van der Waals surface area contributed by atoms with E-state index in [4.69, 9.17) is 28.6 Å². The lowest BCUT2D eigenvalue weighted by Crippen LogP contribution is -2.19.